The van der Waals surface area contributed by atoms with Gasteiger partial charge in [-0.05, 0) is 34.8 Å². The predicted molar refractivity (Wildman–Crippen MR) is 122 cm³/mol. The Bertz CT molecular complexity index is 1180. The van der Waals surface area contributed by atoms with Crippen LogP contribution >= 0.6 is 15.9 Å². The molecule has 1 aliphatic carbocycles. The number of alkyl halides is 3. The molecule has 0 aromatic carbocycles. The van der Waals surface area contributed by atoms with Crippen molar-refractivity contribution in [1.82, 2.24) is 29.7 Å². The molecular weight excluding hydrogens is 521 g/mol. The summed E-state index contributed by atoms with van der Waals surface area (Å²) in [4.78, 5) is 16.7. The summed E-state index contributed by atoms with van der Waals surface area (Å²) < 4.78 is 54.8. The molecule has 0 bridgehead atoms. The van der Waals surface area contributed by atoms with Gasteiger partial charge in [-0.2, -0.15) is 18.3 Å². The number of aromatic nitrogens is 6. The Hall–Kier alpha value is -2.12. The molecule has 4 rings (SSSR count). The maximum absolute atomic E-state index is 14.2. The molecule has 0 radical (unpaired) electrons. The summed E-state index contributed by atoms with van der Waals surface area (Å²) in [5.74, 6) is 0.114. The van der Waals surface area contributed by atoms with Gasteiger partial charge in [-0.1, -0.05) is 19.6 Å². The standard InChI is InChI=1S/C20H24BrF3N6O2Si/c1-31-19-12(13(11-5-6-11)25-9-26-19)18-27-14-15(16(28-18)20(22,23)24)30(29-17(14)21)10-32-7-8-33(2,3)4/h9,11H,5-8,10H2,1-4H3. The van der Waals surface area contributed by atoms with Gasteiger partial charge in [0, 0.05) is 20.6 Å². The molecule has 1 fully saturated rings. The second kappa shape index (κ2) is 8.91. The first-order valence-corrected chi connectivity index (χ1v) is 15.0. The van der Waals surface area contributed by atoms with Gasteiger partial charge in [-0.25, -0.2) is 24.6 Å². The van der Waals surface area contributed by atoms with Crippen LogP contribution in [0.15, 0.2) is 10.9 Å². The lowest BCUT2D eigenvalue weighted by Crippen LogP contribution is -2.22. The van der Waals surface area contributed by atoms with Gasteiger partial charge in [0.1, 0.15) is 29.7 Å². The summed E-state index contributed by atoms with van der Waals surface area (Å²) in [6, 6.07) is 0.887. The van der Waals surface area contributed by atoms with Crippen molar-refractivity contribution in [2.24, 2.45) is 0 Å². The predicted octanol–water partition coefficient (Wildman–Crippen LogP) is 5.26. The fraction of sp³-hybridized carbons (Fsp3) is 0.550. The molecular formula is C20H24BrF3N6O2Si. The SMILES string of the molecule is COc1ncnc(C2CC2)c1-c1nc(C(F)(F)F)c2c(n1)c(Br)nn2COCC[Si](C)(C)C. The van der Waals surface area contributed by atoms with Gasteiger partial charge >= 0.3 is 6.18 Å². The fourth-order valence-corrected chi connectivity index (χ4v) is 4.62. The van der Waals surface area contributed by atoms with Crippen molar-refractivity contribution < 1.29 is 22.6 Å². The molecule has 8 nitrogen and oxygen atoms in total. The van der Waals surface area contributed by atoms with Crippen LogP contribution in [0.4, 0.5) is 13.2 Å². The first-order valence-electron chi connectivity index (χ1n) is 10.5. The first kappa shape index (κ1) is 24.0. The van der Waals surface area contributed by atoms with Crippen molar-refractivity contribution in [2.75, 3.05) is 13.7 Å². The molecule has 0 atom stereocenters. The normalized spacial score (nSPS) is 14.8. The summed E-state index contributed by atoms with van der Waals surface area (Å²) in [5.41, 5.74) is -0.431. The van der Waals surface area contributed by atoms with E-state index in [1.165, 1.54) is 13.4 Å². The first-order chi connectivity index (χ1) is 15.5. The highest BCUT2D eigenvalue weighted by Crippen LogP contribution is 2.46. The Labute approximate surface area is 198 Å². The Kier molecular flexibility index (Phi) is 6.48. The number of methoxy groups -OCH3 is 1. The van der Waals surface area contributed by atoms with E-state index in [9.17, 15) is 13.2 Å². The molecule has 0 unspecified atom stereocenters. The largest absolute Gasteiger partial charge is 0.480 e. The molecule has 1 saturated carbocycles. The van der Waals surface area contributed by atoms with Crippen molar-refractivity contribution in [3.63, 3.8) is 0 Å². The highest BCUT2D eigenvalue weighted by atomic mass is 79.9. The van der Waals surface area contributed by atoms with E-state index >= 15 is 0 Å². The number of fused-ring (bicyclic) bond motifs is 1. The van der Waals surface area contributed by atoms with Crippen LogP contribution in [0.2, 0.25) is 25.7 Å². The van der Waals surface area contributed by atoms with Crippen LogP contribution in [0.1, 0.15) is 30.1 Å². The number of rotatable bonds is 8. The maximum Gasteiger partial charge on any atom is 0.435 e. The zero-order valence-corrected chi connectivity index (χ0v) is 21.3. The van der Waals surface area contributed by atoms with Gasteiger partial charge in [-0.15, -0.1) is 0 Å². The van der Waals surface area contributed by atoms with Crippen LogP contribution in [-0.2, 0) is 17.6 Å². The number of halogens is 4. The number of nitrogens with zero attached hydrogens (tertiary/aromatic N) is 6. The van der Waals surface area contributed by atoms with Crippen molar-refractivity contribution in [3.8, 4) is 17.3 Å². The molecule has 0 spiro atoms. The molecule has 178 valence electrons. The van der Waals surface area contributed by atoms with Crippen molar-refractivity contribution >= 4 is 35.0 Å². The van der Waals surface area contributed by atoms with Crippen LogP contribution in [0, 0.1) is 0 Å². The van der Waals surface area contributed by atoms with Gasteiger partial charge in [0.05, 0.1) is 12.8 Å². The van der Waals surface area contributed by atoms with Crippen LogP contribution in [0.5, 0.6) is 5.88 Å². The van der Waals surface area contributed by atoms with E-state index in [0.717, 1.165) is 23.6 Å². The van der Waals surface area contributed by atoms with E-state index in [0.29, 0.717) is 12.3 Å². The van der Waals surface area contributed by atoms with Gasteiger partial charge in [0.25, 0.3) is 0 Å². The van der Waals surface area contributed by atoms with Gasteiger partial charge in [0.2, 0.25) is 5.88 Å². The third-order valence-electron chi connectivity index (χ3n) is 5.25. The lowest BCUT2D eigenvalue weighted by atomic mass is 10.1. The summed E-state index contributed by atoms with van der Waals surface area (Å²) in [6.07, 6.45) is -1.63. The number of hydrogen-bond donors (Lipinski definition) is 0. The lowest BCUT2D eigenvalue weighted by molar-refractivity contribution is -0.140. The van der Waals surface area contributed by atoms with E-state index < -0.39 is 19.9 Å². The lowest BCUT2D eigenvalue weighted by Gasteiger charge is -2.16. The molecule has 13 heteroatoms. The Morgan fingerprint density at radius 1 is 1.18 bits per heavy atom. The van der Waals surface area contributed by atoms with Crippen LogP contribution in [0.25, 0.3) is 22.4 Å². The van der Waals surface area contributed by atoms with Gasteiger partial charge in [-0.3, -0.25) is 0 Å². The van der Waals surface area contributed by atoms with E-state index in [1.807, 2.05) is 0 Å². The molecule has 33 heavy (non-hydrogen) atoms. The van der Waals surface area contributed by atoms with Crippen LogP contribution in [0.3, 0.4) is 0 Å². The molecule has 3 heterocycles. The summed E-state index contributed by atoms with van der Waals surface area (Å²) >= 11 is 3.26. The van der Waals surface area contributed by atoms with E-state index in [1.54, 1.807) is 0 Å². The summed E-state index contributed by atoms with van der Waals surface area (Å²) in [6.45, 7) is 6.91. The topological polar surface area (TPSA) is 87.8 Å². The average molecular weight is 545 g/mol. The molecule has 0 N–H and O–H groups in total. The highest BCUT2D eigenvalue weighted by molar-refractivity contribution is 9.10. The zero-order chi connectivity index (χ0) is 24.0. The Balaban J connectivity index is 1.82. The van der Waals surface area contributed by atoms with Crippen LogP contribution < -0.4 is 4.74 Å². The van der Waals surface area contributed by atoms with E-state index in [-0.39, 0.29) is 45.6 Å². The van der Waals surface area contributed by atoms with E-state index in [2.05, 4.69) is 60.6 Å². The van der Waals surface area contributed by atoms with Crippen molar-refractivity contribution in [2.45, 2.75) is 57.4 Å². The quantitative estimate of drug-likeness (QED) is 0.282. The smallest absolute Gasteiger partial charge is 0.435 e. The zero-order valence-electron chi connectivity index (χ0n) is 18.7. The molecule has 0 aliphatic heterocycles. The third-order valence-corrected chi connectivity index (χ3v) is 7.49. The van der Waals surface area contributed by atoms with Crippen molar-refractivity contribution in [1.29, 1.82) is 0 Å². The molecule has 3 aromatic rings. The minimum absolute atomic E-state index is 0.0359. The monoisotopic (exact) mass is 544 g/mol. The number of ether oxygens (including phenoxy) is 2. The minimum atomic E-state index is -4.74. The fourth-order valence-electron chi connectivity index (χ4n) is 3.39. The second-order valence-electron chi connectivity index (χ2n) is 9.15. The second-order valence-corrected chi connectivity index (χ2v) is 15.5. The summed E-state index contributed by atoms with van der Waals surface area (Å²) in [7, 11) is 0.0595. The third kappa shape index (κ3) is 5.19. The van der Waals surface area contributed by atoms with Gasteiger partial charge < -0.3 is 9.47 Å². The molecule has 3 aromatic heterocycles. The molecule has 0 saturated heterocycles. The summed E-state index contributed by atoms with van der Waals surface area (Å²) in [5, 5.41) is 4.20. The Morgan fingerprint density at radius 3 is 2.52 bits per heavy atom. The minimum Gasteiger partial charge on any atom is -0.480 e. The Morgan fingerprint density at radius 2 is 1.91 bits per heavy atom. The van der Waals surface area contributed by atoms with E-state index in [4.69, 9.17) is 9.47 Å². The van der Waals surface area contributed by atoms with Crippen molar-refractivity contribution in [3.05, 3.63) is 22.3 Å². The molecule has 1 aliphatic rings. The van der Waals surface area contributed by atoms with Crippen LogP contribution in [-0.4, -0.2) is 51.5 Å². The molecule has 0 amide bonds. The maximum atomic E-state index is 14.2. The van der Waals surface area contributed by atoms with Gasteiger partial charge in [0.15, 0.2) is 16.1 Å². The number of hydrogen-bond acceptors (Lipinski definition) is 7. The average Bonchev–Trinajstić information content (AvgIpc) is 3.53. The highest BCUT2D eigenvalue weighted by Gasteiger charge is 2.39.